The topological polar surface area (TPSA) is 54.0 Å². The van der Waals surface area contributed by atoms with Crippen LogP contribution in [0.25, 0.3) is 0 Å². The molecule has 4 nitrogen and oxygen atoms in total. The van der Waals surface area contributed by atoms with Crippen molar-refractivity contribution in [3.8, 4) is 0 Å². The molecule has 0 saturated carbocycles. The third kappa shape index (κ3) is 5.26. The summed E-state index contributed by atoms with van der Waals surface area (Å²) in [5.41, 5.74) is -0.235. The van der Waals surface area contributed by atoms with Gasteiger partial charge in [0, 0.05) is 31.1 Å². The summed E-state index contributed by atoms with van der Waals surface area (Å²) in [6.45, 7) is 4.54. The van der Waals surface area contributed by atoms with Gasteiger partial charge in [0.05, 0.1) is 10.4 Å². The largest absolute Gasteiger partial charge is 0.355 e. The van der Waals surface area contributed by atoms with Crippen molar-refractivity contribution < 1.29 is 4.79 Å². The van der Waals surface area contributed by atoms with Crippen molar-refractivity contribution in [2.45, 2.75) is 26.2 Å². The Kier molecular flexibility index (Phi) is 8.57. The van der Waals surface area contributed by atoms with Crippen LogP contribution in [0.1, 0.15) is 24.8 Å². The molecule has 7 heteroatoms. The standard InChI is InChI=1S/C12H19N3OS.2ClH/c1-12(4-2-5-13-9-12)11(16)15-6-3-10-14-7-8-17-10;;/h7-8,13H,2-6,9H2,1H3,(H,15,16);2*1H. The van der Waals surface area contributed by atoms with E-state index in [1.807, 2.05) is 12.3 Å². The SMILES string of the molecule is CC1(C(=O)NCCc2nccs2)CCCNC1.Cl.Cl. The molecule has 1 atom stereocenters. The number of thiazole rings is 1. The minimum atomic E-state index is -0.235. The van der Waals surface area contributed by atoms with Gasteiger partial charge in [-0.05, 0) is 26.3 Å². The van der Waals surface area contributed by atoms with Crippen molar-refractivity contribution >= 4 is 42.1 Å². The van der Waals surface area contributed by atoms with Crippen LogP contribution in [0.15, 0.2) is 11.6 Å². The highest BCUT2D eigenvalue weighted by molar-refractivity contribution is 7.09. The molecule has 1 saturated heterocycles. The number of aromatic nitrogens is 1. The van der Waals surface area contributed by atoms with Crippen molar-refractivity contribution in [2.24, 2.45) is 5.41 Å². The number of amides is 1. The second-order valence-electron chi connectivity index (χ2n) is 4.77. The van der Waals surface area contributed by atoms with Gasteiger partial charge < -0.3 is 10.6 Å². The molecule has 1 aromatic heterocycles. The maximum Gasteiger partial charge on any atom is 0.227 e. The first-order valence-corrected chi connectivity index (χ1v) is 6.96. The van der Waals surface area contributed by atoms with Gasteiger partial charge in [-0.15, -0.1) is 36.2 Å². The molecular formula is C12H21Cl2N3OS. The highest BCUT2D eigenvalue weighted by Crippen LogP contribution is 2.25. The van der Waals surface area contributed by atoms with E-state index in [1.165, 1.54) is 0 Å². The second-order valence-corrected chi connectivity index (χ2v) is 5.75. The Morgan fingerprint density at radius 3 is 2.95 bits per heavy atom. The fourth-order valence-electron chi connectivity index (χ4n) is 2.12. The Hall–Kier alpha value is -0.360. The van der Waals surface area contributed by atoms with Gasteiger partial charge in [0.2, 0.25) is 5.91 Å². The quantitative estimate of drug-likeness (QED) is 0.890. The van der Waals surface area contributed by atoms with Crippen LogP contribution in [0.5, 0.6) is 0 Å². The van der Waals surface area contributed by atoms with E-state index in [4.69, 9.17) is 0 Å². The molecule has 0 aliphatic carbocycles. The molecule has 1 unspecified atom stereocenters. The van der Waals surface area contributed by atoms with E-state index in [-0.39, 0.29) is 36.1 Å². The first kappa shape index (κ1) is 18.6. The van der Waals surface area contributed by atoms with Crippen LogP contribution in [0, 0.1) is 5.41 Å². The smallest absolute Gasteiger partial charge is 0.227 e. The number of hydrogen-bond donors (Lipinski definition) is 2. The van der Waals surface area contributed by atoms with Gasteiger partial charge in [-0.25, -0.2) is 4.98 Å². The molecule has 2 rings (SSSR count). The molecule has 110 valence electrons. The minimum absolute atomic E-state index is 0. The predicted octanol–water partition coefficient (Wildman–Crippen LogP) is 2.04. The van der Waals surface area contributed by atoms with Gasteiger partial charge in [0.1, 0.15) is 0 Å². The minimum Gasteiger partial charge on any atom is -0.355 e. The van der Waals surface area contributed by atoms with Crippen molar-refractivity contribution in [1.82, 2.24) is 15.6 Å². The zero-order valence-corrected chi connectivity index (χ0v) is 13.4. The monoisotopic (exact) mass is 325 g/mol. The normalized spacial score (nSPS) is 21.9. The molecule has 0 spiro atoms. The van der Waals surface area contributed by atoms with Crippen LogP contribution in [0.4, 0.5) is 0 Å². The molecule has 0 aromatic carbocycles. The lowest BCUT2D eigenvalue weighted by atomic mass is 9.82. The fraction of sp³-hybridized carbons (Fsp3) is 0.667. The van der Waals surface area contributed by atoms with Crippen molar-refractivity contribution in [3.63, 3.8) is 0 Å². The number of piperidine rings is 1. The molecule has 2 N–H and O–H groups in total. The van der Waals surface area contributed by atoms with E-state index < -0.39 is 0 Å². The number of carbonyl (C=O) groups excluding carboxylic acids is 1. The van der Waals surface area contributed by atoms with Crippen LogP contribution in [0.3, 0.4) is 0 Å². The summed E-state index contributed by atoms with van der Waals surface area (Å²) in [4.78, 5) is 16.3. The van der Waals surface area contributed by atoms with Crippen LogP contribution >= 0.6 is 36.2 Å². The predicted molar refractivity (Wildman–Crippen MR) is 83.5 cm³/mol. The van der Waals surface area contributed by atoms with E-state index in [0.29, 0.717) is 6.54 Å². The Morgan fingerprint density at radius 1 is 1.58 bits per heavy atom. The Bertz CT molecular complexity index is 367. The molecule has 1 fully saturated rings. The average Bonchev–Trinajstić information content (AvgIpc) is 2.83. The third-order valence-electron chi connectivity index (χ3n) is 3.25. The number of nitrogens with zero attached hydrogens (tertiary/aromatic N) is 1. The summed E-state index contributed by atoms with van der Waals surface area (Å²) >= 11 is 1.63. The molecule has 2 heterocycles. The zero-order chi connectivity index (χ0) is 12.1. The Morgan fingerprint density at radius 2 is 2.37 bits per heavy atom. The molecule has 1 aromatic rings. The average molecular weight is 326 g/mol. The Balaban J connectivity index is 0.00000162. The van der Waals surface area contributed by atoms with Gasteiger partial charge in [0.25, 0.3) is 0 Å². The summed E-state index contributed by atoms with van der Waals surface area (Å²) in [5, 5.41) is 9.35. The highest BCUT2D eigenvalue weighted by atomic mass is 35.5. The third-order valence-corrected chi connectivity index (χ3v) is 4.09. The number of rotatable bonds is 4. The fourth-order valence-corrected chi connectivity index (χ4v) is 2.74. The summed E-state index contributed by atoms with van der Waals surface area (Å²) in [6.07, 6.45) is 4.68. The van der Waals surface area contributed by atoms with Crippen LogP contribution in [0.2, 0.25) is 0 Å². The maximum absolute atomic E-state index is 12.1. The van der Waals surface area contributed by atoms with E-state index >= 15 is 0 Å². The number of hydrogen-bond acceptors (Lipinski definition) is 4. The molecule has 0 radical (unpaired) electrons. The summed E-state index contributed by atoms with van der Waals surface area (Å²) in [7, 11) is 0. The molecule has 0 bridgehead atoms. The Labute approximate surface area is 130 Å². The van der Waals surface area contributed by atoms with Crippen LogP contribution in [-0.4, -0.2) is 30.5 Å². The number of halogens is 2. The van der Waals surface area contributed by atoms with E-state index in [9.17, 15) is 4.79 Å². The highest BCUT2D eigenvalue weighted by Gasteiger charge is 2.34. The molecular weight excluding hydrogens is 305 g/mol. The van der Waals surface area contributed by atoms with Gasteiger partial charge >= 0.3 is 0 Å². The second kappa shape index (κ2) is 8.74. The van der Waals surface area contributed by atoms with Gasteiger partial charge in [-0.3, -0.25) is 4.79 Å². The lowest BCUT2D eigenvalue weighted by molar-refractivity contribution is -0.131. The van der Waals surface area contributed by atoms with Crippen molar-refractivity contribution in [1.29, 1.82) is 0 Å². The first-order valence-electron chi connectivity index (χ1n) is 6.08. The van der Waals surface area contributed by atoms with Gasteiger partial charge in [0.15, 0.2) is 0 Å². The number of nitrogens with one attached hydrogen (secondary N) is 2. The van der Waals surface area contributed by atoms with Gasteiger partial charge in [-0.1, -0.05) is 0 Å². The van der Waals surface area contributed by atoms with E-state index in [1.54, 1.807) is 17.5 Å². The molecule has 19 heavy (non-hydrogen) atoms. The molecule has 1 amide bonds. The molecule has 1 aliphatic rings. The first-order chi connectivity index (χ1) is 8.21. The summed E-state index contributed by atoms with van der Waals surface area (Å²) < 4.78 is 0. The lowest BCUT2D eigenvalue weighted by Gasteiger charge is -2.32. The summed E-state index contributed by atoms with van der Waals surface area (Å²) in [5.74, 6) is 0.168. The maximum atomic E-state index is 12.1. The van der Waals surface area contributed by atoms with E-state index in [2.05, 4.69) is 15.6 Å². The van der Waals surface area contributed by atoms with Gasteiger partial charge in [-0.2, -0.15) is 0 Å². The van der Waals surface area contributed by atoms with Crippen molar-refractivity contribution in [2.75, 3.05) is 19.6 Å². The summed E-state index contributed by atoms with van der Waals surface area (Å²) in [6, 6.07) is 0. The van der Waals surface area contributed by atoms with Crippen LogP contribution in [-0.2, 0) is 11.2 Å². The lowest BCUT2D eigenvalue weighted by Crippen LogP contribution is -2.49. The zero-order valence-electron chi connectivity index (χ0n) is 11.0. The van der Waals surface area contributed by atoms with Crippen molar-refractivity contribution in [3.05, 3.63) is 16.6 Å². The van der Waals surface area contributed by atoms with E-state index in [0.717, 1.165) is 37.4 Å². The molecule has 1 aliphatic heterocycles. The number of carbonyl (C=O) groups is 1. The van der Waals surface area contributed by atoms with Crippen LogP contribution < -0.4 is 10.6 Å².